The molecule has 0 aliphatic heterocycles. The van der Waals surface area contributed by atoms with Crippen LogP contribution in [-0.2, 0) is 0 Å². The normalized spacial score (nSPS) is 11.5. The molecule has 0 radical (unpaired) electrons. The van der Waals surface area contributed by atoms with Crippen molar-refractivity contribution in [3.8, 4) is 10.6 Å². The van der Waals surface area contributed by atoms with E-state index < -0.39 is 0 Å². The van der Waals surface area contributed by atoms with Crippen LogP contribution in [0, 0.1) is 0 Å². The Morgan fingerprint density at radius 3 is 1.68 bits per heavy atom. The summed E-state index contributed by atoms with van der Waals surface area (Å²) in [6.07, 6.45) is 0. The molecule has 0 aliphatic rings. The van der Waals surface area contributed by atoms with E-state index in [2.05, 4.69) is 144 Å². The fraction of sp³-hybridized carbons (Fsp3) is 0. The number of rotatable bonds is 4. The van der Waals surface area contributed by atoms with Crippen molar-refractivity contribution >= 4 is 70.9 Å². The van der Waals surface area contributed by atoms with Crippen LogP contribution in [0.25, 0.3) is 53.1 Å². The Bertz CT molecular complexity index is 2140. The van der Waals surface area contributed by atoms with Gasteiger partial charge in [0.1, 0.15) is 5.01 Å². The third kappa shape index (κ3) is 4.00. The third-order valence-electron chi connectivity index (χ3n) is 7.60. The van der Waals surface area contributed by atoms with Crippen molar-refractivity contribution in [3.05, 3.63) is 146 Å². The molecule has 188 valence electrons. The molecule has 0 saturated heterocycles. The van der Waals surface area contributed by atoms with Gasteiger partial charge < -0.3 is 4.90 Å². The van der Waals surface area contributed by atoms with Crippen molar-refractivity contribution in [3.63, 3.8) is 0 Å². The van der Waals surface area contributed by atoms with Gasteiger partial charge in [0.25, 0.3) is 0 Å². The molecule has 0 aliphatic carbocycles. The van der Waals surface area contributed by atoms with Crippen LogP contribution in [0.5, 0.6) is 0 Å². The van der Waals surface area contributed by atoms with Crippen LogP contribution < -0.4 is 4.90 Å². The first-order chi connectivity index (χ1) is 19.8. The van der Waals surface area contributed by atoms with Crippen molar-refractivity contribution in [2.24, 2.45) is 0 Å². The van der Waals surface area contributed by atoms with Crippen LogP contribution >= 0.6 is 11.3 Å². The zero-order valence-corrected chi connectivity index (χ0v) is 22.5. The molecule has 0 N–H and O–H groups in total. The molecule has 7 aromatic carbocycles. The van der Waals surface area contributed by atoms with E-state index in [1.54, 1.807) is 11.3 Å². The summed E-state index contributed by atoms with van der Waals surface area (Å²) in [6, 6.07) is 52.3. The molecule has 8 rings (SSSR count). The number of thiazole rings is 1. The third-order valence-corrected chi connectivity index (χ3v) is 8.69. The number of anilines is 3. The first-order valence-corrected chi connectivity index (χ1v) is 14.3. The highest BCUT2D eigenvalue weighted by Gasteiger charge is 2.15. The van der Waals surface area contributed by atoms with Crippen molar-refractivity contribution in [1.82, 2.24) is 4.98 Å². The maximum atomic E-state index is 4.87. The van der Waals surface area contributed by atoms with Crippen LogP contribution in [0.3, 0.4) is 0 Å². The SMILES string of the molecule is c1ccc2cc(N(c3ccc(-c4nc5ccccc5s4)cc3)c3ccc4cc5ccccc5cc4c3)ccc2c1. The zero-order chi connectivity index (χ0) is 26.5. The summed E-state index contributed by atoms with van der Waals surface area (Å²) in [5.74, 6) is 0. The molecular formula is C37H24N2S. The Hall–Kier alpha value is -4.99. The molecule has 3 heteroatoms. The van der Waals surface area contributed by atoms with Crippen molar-refractivity contribution < 1.29 is 0 Å². The number of nitrogens with zero attached hydrogens (tertiary/aromatic N) is 2. The number of fused-ring (bicyclic) bond motifs is 4. The van der Waals surface area contributed by atoms with Gasteiger partial charge in [-0.05, 0) is 105 Å². The summed E-state index contributed by atoms with van der Waals surface area (Å²) in [7, 11) is 0. The molecule has 2 nitrogen and oxygen atoms in total. The summed E-state index contributed by atoms with van der Waals surface area (Å²) in [4.78, 5) is 7.22. The Labute approximate surface area is 236 Å². The first kappa shape index (κ1) is 22.9. The van der Waals surface area contributed by atoms with E-state index in [1.165, 1.54) is 37.0 Å². The predicted octanol–water partition coefficient (Wildman–Crippen LogP) is 10.9. The number of hydrogen-bond acceptors (Lipinski definition) is 3. The molecule has 0 saturated carbocycles. The second-order valence-corrected chi connectivity index (χ2v) is 11.2. The fourth-order valence-electron chi connectivity index (χ4n) is 5.58. The zero-order valence-electron chi connectivity index (χ0n) is 21.7. The predicted molar refractivity (Wildman–Crippen MR) is 172 cm³/mol. The van der Waals surface area contributed by atoms with Gasteiger partial charge in [0.05, 0.1) is 10.2 Å². The minimum absolute atomic E-state index is 1.04. The minimum atomic E-state index is 1.04. The quantitative estimate of drug-likeness (QED) is 0.211. The lowest BCUT2D eigenvalue weighted by Crippen LogP contribution is -2.09. The van der Waals surface area contributed by atoms with E-state index in [9.17, 15) is 0 Å². The van der Waals surface area contributed by atoms with Crippen LogP contribution in [0.2, 0.25) is 0 Å². The van der Waals surface area contributed by atoms with E-state index in [-0.39, 0.29) is 0 Å². The minimum Gasteiger partial charge on any atom is -0.310 e. The van der Waals surface area contributed by atoms with Crippen LogP contribution in [0.15, 0.2) is 146 Å². The highest BCUT2D eigenvalue weighted by molar-refractivity contribution is 7.21. The summed E-state index contributed by atoms with van der Waals surface area (Å²) < 4.78 is 1.21. The van der Waals surface area contributed by atoms with E-state index in [0.29, 0.717) is 0 Å². The number of aromatic nitrogens is 1. The lowest BCUT2D eigenvalue weighted by molar-refractivity contribution is 1.29. The van der Waals surface area contributed by atoms with Gasteiger partial charge in [-0.3, -0.25) is 0 Å². The summed E-state index contributed by atoms with van der Waals surface area (Å²) >= 11 is 1.74. The van der Waals surface area contributed by atoms with Gasteiger partial charge in [-0.25, -0.2) is 4.98 Å². The van der Waals surface area contributed by atoms with Gasteiger partial charge in [0, 0.05) is 22.6 Å². The second kappa shape index (κ2) is 9.33. The van der Waals surface area contributed by atoms with Crippen LogP contribution in [0.1, 0.15) is 0 Å². The summed E-state index contributed by atoms with van der Waals surface area (Å²) in [5.41, 5.74) is 5.55. The monoisotopic (exact) mass is 528 g/mol. The molecule has 0 spiro atoms. The lowest BCUT2D eigenvalue weighted by Gasteiger charge is -2.26. The highest BCUT2D eigenvalue weighted by Crippen LogP contribution is 2.39. The smallest absolute Gasteiger partial charge is 0.124 e. The molecule has 40 heavy (non-hydrogen) atoms. The first-order valence-electron chi connectivity index (χ1n) is 13.5. The number of para-hydroxylation sites is 1. The Morgan fingerprint density at radius 2 is 0.950 bits per heavy atom. The number of benzene rings is 7. The molecule has 0 bridgehead atoms. The molecule has 0 unspecified atom stereocenters. The van der Waals surface area contributed by atoms with E-state index in [0.717, 1.165) is 33.1 Å². The molecule has 0 amide bonds. The maximum absolute atomic E-state index is 4.87. The molecule has 0 atom stereocenters. The Kier molecular flexibility index (Phi) is 5.35. The topological polar surface area (TPSA) is 16.1 Å². The van der Waals surface area contributed by atoms with Crippen molar-refractivity contribution in [2.75, 3.05) is 4.90 Å². The molecule has 1 heterocycles. The average Bonchev–Trinajstić information content (AvgIpc) is 3.45. The Morgan fingerprint density at radius 1 is 0.425 bits per heavy atom. The average molecular weight is 529 g/mol. The molecule has 8 aromatic rings. The standard InChI is InChI=1S/C37H24N2S/c1-2-10-29-23-33(19-13-25(29)7-1)39(34-20-16-30-21-27-8-3-4-9-28(27)22-31(30)24-34)32-17-14-26(15-18-32)37-38-35-11-5-6-12-36(35)40-37/h1-24H. The van der Waals surface area contributed by atoms with Gasteiger partial charge >= 0.3 is 0 Å². The van der Waals surface area contributed by atoms with Gasteiger partial charge in [-0.1, -0.05) is 72.8 Å². The van der Waals surface area contributed by atoms with Crippen molar-refractivity contribution in [2.45, 2.75) is 0 Å². The molecular weight excluding hydrogens is 504 g/mol. The van der Waals surface area contributed by atoms with Gasteiger partial charge in [0.2, 0.25) is 0 Å². The molecule has 1 aromatic heterocycles. The van der Waals surface area contributed by atoms with Gasteiger partial charge in [0.15, 0.2) is 0 Å². The van der Waals surface area contributed by atoms with Gasteiger partial charge in [-0.2, -0.15) is 0 Å². The van der Waals surface area contributed by atoms with Crippen LogP contribution in [-0.4, -0.2) is 4.98 Å². The van der Waals surface area contributed by atoms with Crippen LogP contribution in [0.4, 0.5) is 17.1 Å². The highest BCUT2D eigenvalue weighted by atomic mass is 32.1. The summed E-state index contributed by atoms with van der Waals surface area (Å²) in [6.45, 7) is 0. The number of hydrogen-bond donors (Lipinski definition) is 0. The summed E-state index contributed by atoms with van der Waals surface area (Å²) in [5, 5.41) is 8.50. The van der Waals surface area contributed by atoms with Crippen molar-refractivity contribution in [1.29, 1.82) is 0 Å². The lowest BCUT2D eigenvalue weighted by atomic mass is 10.0. The largest absolute Gasteiger partial charge is 0.310 e. The Balaban J connectivity index is 1.27. The van der Waals surface area contributed by atoms with E-state index in [1.807, 2.05) is 6.07 Å². The van der Waals surface area contributed by atoms with E-state index in [4.69, 9.17) is 4.98 Å². The second-order valence-electron chi connectivity index (χ2n) is 10.1. The fourth-order valence-corrected chi connectivity index (χ4v) is 6.55. The molecule has 0 fully saturated rings. The van der Waals surface area contributed by atoms with E-state index >= 15 is 0 Å². The van der Waals surface area contributed by atoms with Gasteiger partial charge in [-0.15, -0.1) is 11.3 Å². The maximum Gasteiger partial charge on any atom is 0.124 e.